The Hall–Kier alpha value is -0.540. The number of nitriles is 1. The Kier molecular flexibility index (Phi) is 4.17. The Morgan fingerprint density at radius 3 is 2.93 bits per heavy atom. The summed E-state index contributed by atoms with van der Waals surface area (Å²) in [4.78, 5) is 2.08. The lowest BCUT2D eigenvalue weighted by molar-refractivity contribution is 0.752. The van der Waals surface area contributed by atoms with Crippen LogP contribution in [-0.2, 0) is 0 Å². The summed E-state index contributed by atoms with van der Waals surface area (Å²) in [6.07, 6.45) is 0.959. The fourth-order valence-corrected chi connectivity index (χ4v) is 2.61. The van der Waals surface area contributed by atoms with Gasteiger partial charge >= 0.3 is 0 Å². The van der Waals surface area contributed by atoms with Crippen molar-refractivity contribution >= 4 is 40.5 Å². The SMILES string of the molecule is Cl.N#Cc1c(Cl)nsc1N1CC[C@H](N)C1. The summed E-state index contributed by atoms with van der Waals surface area (Å²) in [6, 6.07) is 2.27. The van der Waals surface area contributed by atoms with E-state index in [0.717, 1.165) is 24.5 Å². The molecule has 2 N–H and O–H groups in total. The second-order valence-corrected chi connectivity index (χ2v) is 4.37. The first-order chi connectivity index (χ1) is 6.72. The number of hydrogen-bond donors (Lipinski definition) is 1. The fourth-order valence-electron chi connectivity index (χ4n) is 1.54. The number of aromatic nitrogens is 1. The van der Waals surface area contributed by atoms with Crippen LogP contribution in [0.4, 0.5) is 5.00 Å². The molecule has 1 atom stereocenters. The quantitative estimate of drug-likeness (QED) is 0.838. The molecule has 0 bridgehead atoms. The van der Waals surface area contributed by atoms with Crippen molar-refractivity contribution in [2.75, 3.05) is 18.0 Å². The predicted octanol–water partition coefficient (Wildman–Crippen LogP) is 1.63. The topological polar surface area (TPSA) is 65.9 Å². The van der Waals surface area contributed by atoms with Crippen LogP contribution in [0.15, 0.2) is 0 Å². The smallest absolute Gasteiger partial charge is 0.162 e. The summed E-state index contributed by atoms with van der Waals surface area (Å²) in [5.74, 6) is 0. The monoisotopic (exact) mass is 264 g/mol. The molecule has 2 heterocycles. The maximum atomic E-state index is 8.89. The van der Waals surface area contributed by atoms with E-state index in [1.165, 1.54) is 11.5 Å². The van der Waals surface area contributed by atoms with Crippen LogP contribution in [-0.4, -0.2) is 23.5 Å². The number of nitrogens with two attached hydrogens (primary N) is 1. The van der Waals surface area contributed by atoms with Crippen molar-refractivity contribution < 1.29 is 0 Å². The summed E-state index contributed by atoms with van der Waals surface area (Å²) in [5, 5.41) is 10.0. The average Bonchev–Trinajstić information content (AvgIpc) is 2.71. The van der Waals surface area contributed by atoms with E-state index in [-0.39, 0.29) is 18.4 Å². The van der Waals surface area contributed by atoms with Gasteiger partial charge in [0.1, 0.15) is 16.6 Å². The second-order valence-electron chi connectivity index (χ2n) is 3.26. The summed E-state index contributed by atoms with van der Waals surface area (Å²) < 4.78 is 3.96. The number of rotatable bonds is 1. The van der Waals surface area contributed by atoms with Gasteiger partial charge in [0.25, 0.3) is 0 Å². The standard InChI is InChI=1S/C8H9ClN4S.ClH/c9-7-6(3-10)8(14-12-7)13-2-1-5(11)4-13;/h5H,1-2,4,11H2;1H/t5-;/m0./s1. The Bertz CT molecular complexity index is 386. The highest BCUT2D eigenvalue weighted by molar-refractivity contribution is 7.10. The van der Waals surface area contributed by atoms with E-state index < -0.39 is 0 Å². The van der Waals surface area contributed by atoms with Crippen molar-refractivity contribution in [3.8, 4) is 6.07 Å². The molecule has 1 aromatic rings. The van der Waals surface area contributed by atoms with Crippen LogP contribution in [0.1, 0.15) is 12.0 Å². The highest BCUT2D eigenvalue weighted by atomic mass is 35.5. The van der Waals surface area contributed by atoms with Crippen molar-refractivity contribution in [1.82, 2.24) is 4.37 Å². The molecular weight excluding hydrogens is 255 g/mol. The van der Waals surface area contributed by atoms with Gasteiger partial charge in [0, 0.05) is 19.1 Å². The van der Waals surface area contributed by atoms with Crippen LogP contribution < -0.4 is 10.6 Å². The molecule has 1 aliphatic heterocycles. The van der Waals surface area contributed by atoms with Gasteiger partial charge in [0.05, 0.1) is 0 Å². The molecule has 82 valence electrons. The lowest BCUT2D eigenvalue weighted by atomic mass is 10.3. The molecule has 0 saturated carbocycles. The maximum absolute atomic E-state index is 8.89. The molecule has 0 aromatic carbocycles. The van der Waals surface area contributed by atoms with E-state index in [1.54, 1.807) is 0 Å². The van der Waals surface area contributed by atoms with Gasteiger partial charge in [-0.05, 0) is 18.0 Å². The molecule has 2 rings (SSSR count). The van der Waals surface area contributed by atoms with Crippen LogP contribution in [0.5, 0.6) is 0 Å². The molecule has 0 spiro atoms. The number of anilines is 1. The average molecular weight is 265 g/mol. The minimum atomic E-state index is 0. The zero-order valence-corrected chi connectivity index (χ0v) is 10.2. The number of nitrogens with zero attached hydrogens (tertiary/aromatic N) is 3. The molecule has 1 aromatic heterocycles. The van der Waals surface area contributed by atoms with E-state index in [9.17, 15) is 0 Å². The molecule has 0 amide bonds. The van der Waals surface area contributed by atoms with Crippen molar-refractivity contribution in [3.05, 3.63) is 10.7 Å². The number of halogens is 2. The van der Waals surface area contributed by atoms with E-state index >= 15 is 0 Å². The first-order valence-corrected chi connectivity index (χ1v) is 5.43. The molecule has 1 saturated heterocycles. The third-order valence-corrected chi connectivity index (χ3v) is 3.54. The lowest BCUT2D eigenvalue weighted by Gasteiger charge is -2.14. The summed E-state index contributed by atoms with van der Waals surface area (Å²) in [6.45, 7) is 1.67. The second kappa shape index (κ2) is 4.99. The van der Waals surface area contributed by atoms with Crippen LogP contribution >= 0.6 is 35.5 Å². The van der Waals surface area contributed by atoms with Gasteiger partial charge < -0.3 is 10.6 Å². The van der Waals surface area contributed by atoms with Gasteiger partial charge in [0.15, 0.2) is 5.15 Å². The van der Waals surface area contributed by atoms with Crippen molar-refractivity contribution in [2.45, 2.75) is 12.5 Å². The lowest BCUT2D eigenvalue weighted by Crippen LogP contribution is -2.26. The minimum Gasteiger partial charge on any atom is -0.359 e. The van der Waals surface area contributed by atoms with Gasteiger partial charge in [-0.3, -0.25) is 0 Å². The zero-order valence-electron chi connectivity index (χ0n) is 7.81. The molecule has 0 radical (unpaired) electrons. The molecule has 1 aliphatic rings. The summed E-state index contributed by atoms with van der Waals surface area (Å²) >= 11 is 7.04. The van der Waals surface area contributed by atoms with Crippen molar-refractivity contribution in [3.63, 3.8) is 0 Å². The molecule has 0 unspecified atom stereocenters. The van der Waals surface area contributed by atoms with Crippen LogP contribution in [0.25, 0.3) is 0 Å². The molecule has 0 aliphatic carbocycles. The molecular formula is C8H10Cl2N4S. The summed E-state index contributed by atoms with van der Waals surface area (Å²) in [7, 11) is 0. The molecule has 1 fully saturated rings. The Morgan fingerprint density at radius 1 is 1.67 bits per heavy atom. The van der Waals surface area contributed by atoms with E-state index in [1.807, 2.05) is 0 Å². The van der Waals surface area contributed by atoms with E-state index in [0.29, 0.717) is 10.7 Å². The predicted molar refractivity (Wildman–Crippen MR) is 63.9 cm³/mol. The first-order valence-electron chi connectivity index (χ1n) is 4.28. The third-order valence-electron chi connectivity index (χ3n) is 2.26. The zero-order chi connectivity index (χ0) is 10.1. The van der Waals surface area contributed by atoms with Gasteiger partial charge in [-0.2, -0.15) is 9.64 Å². The fraction of sp³-hybridized carbons (Fsp3) is 0.500. The van der Waals surface area contributed by atoms with Crippen LogP contribution in [0.3, 0.4) is 0 Å². The molecule has 7 heteroatoms. The van der Waals surface area contributed by atoms with Gasteiger partial charge in [-0.25, -0.2) is 0 Å². The normalized spacial score (nSPS) is 19.8. The van der Waals surface area contributed by atoms with Crippen molar-refractivity contribution in [2.24, 2.45) is 5.73 Å². The van der Waals surface area contributed by atoms with E-state index in [2.05, 4.69) is 15.3 Å². The van der Waals surface area contributed by atoms with Gasteiger partial charge in [-0.15, -0.1) is 12.4 Å². The summed E-state index contributed by atoms with van der Waals surface area (Å²) in [5.41, 5.74) is 6.27. The molecule has 15 heavy (non-hydrogen) atoms. The van der Waals surface area contributed by atoms with Crippen LogP contribution in [0.2, 0.25) is 5.15 Å². The van der Waals surface area contributed by atoms with Gasteiger partial charge in [-0.1, -0.05) is 11.6 Å². The minimum absolute atomic E-state index is 0. The Morgan fingerprint density at radius 2 is 2.40 bits per heavy atom. The van der Waals surface area contributed by atoms with Gasteiger partial charge in [0.2, 0.25) is 0 Å². The Balaban J connectivity index is 0.00000112. The number of hydrogen-bond acceptors (Lipinski definition) is 5. The Labute approximate surface area is 103 Å². The van der Waals surface area contributed by atoms with Crippen LogP contribution in [0, 0.1) is 11.3 Å². The first kappa shape index (κ1) is 12.5. The highest BCUT2D eigenvalue weighted by Gasteiger charge is 2.24. The molecule has 4 nitrogen and oxygen atoms in total. The van der Waals surface area contributed by atoms with Crippen molar-refractivity contribution in [1.29, 1.82) is 5.26 Å². The largest absolute Gasteiger partial charge is 0.359 e. The maximum Gasteiger partial charge on any atom is 0.162 e. The highest BCUT2D eigenvalue weighted by Crippen LogP contribution is 2.32. The van der Waals surface area contributed by atoms with E-state index in [4.69, 9.17) is 22.6 Å². The third kappa shape index (κ3) is 2.34.